The van der Waals surface area contributed by atoms with Gasteiger partial charge >= 0.3 is 0 Å². The number of likely N-dealkylation sites (N-methyl/N-ethyl adjacent to an activating group) is 4. The number of hydrogen-bond donors (Lipinski definition) is 3. The Kier molecular flexibility index (Phi) is 96.3. The summed E-state index contributed by atoms with van der Waals surface area (Å²) in [5.74, 6) is 0. The van der Waals surface area contributed by atoms with E-state index in [1.807, 2.05) is 69.5 Å². The Morgan fingerprint density at radius 2 is 0.679 bits per heavy atom. The van der Waals surface area contributed by atoms with Crippen LogP contribution in [0.4, 0.5) is 0 Å². The molecule has 2 fully saturated rings. The number of morpholine rings is 1. The lowest BCUT2D eigenvalue weighted by Gasteiger charge is -2.32. The number of hydrogen-bond acceptors (Lipinski definition) is 25. The number of piperazine rings is 1. The van der Waals surface area contributed by atoms with Gasteiger partial charge in [0.2, 0.25) is 10.0 Å². The second-order valence-electron chi connectivity index (χ2n) is 27.8. The van der Waals surface area contributed by atoms with Crippen molar-refractivity contribution >= 4 is 20.2 Å². The molecule has 30 heteroatoms. The average molecular weight is 1580 g/mol. The highest BCUT2D eigenvalue weighted by Crippen LogP contribution is 2.01. The van der Waals surface area contributed by atoms with Crippen molar-refractivity contribution in [3.8, 4) is 0 Å². The van der Waals surface area contributed by atoms with Crippen LogP contribution >= 0.6 is 0 Å². The lowest BCUT2D eigenvalue weighted by atomic mass is 10.3. The monoisotopic (exact) mass is 1580 g/mol. The van der Waals surface area contributed by atoms with E-state index >= 15 is 0 Å². The van der Waals surface area contributed by atoms with Gasteiger partial charge in [0.05, 0.1) is 180 Å². The molecule has 0 saturated carbocycles. The predicted molar refractivity (Wildman–Crippen MR) is 441 cm³/mol. The van der Waals surface area contributed by atoms with Gasteiger partial charge in [-0.2, -0.15) is 17.4 Å². The number of sulfonamides is 1. The lowest BCUT2D eigenvalue weighted by molar-refractivity contribution is 0.00964. The normalized spacial score (nSPS) is 13.8. The molecule has 2 rings (SSSR count). The van der Waals surface area contributed by atoms with E-state index in [0.29, 0.717) is 128 Å². The van der Waals surface area contributed by atoms with Crippen LogP contribution in [0.15, 0.2) is 0 Å². The topological polar surface area (TPSA) is 270 Å². The summed E-state index contributed by atoms with van der Waals surface area (Å²) in [5.41, 5.74) is 5.20. The third-order valence-electron chi connectivity index (χ3n) is 13.9. The second kappa shape index (κ2) is 86.3. The SMILES string of the molecule is CC(C)OCCN(C)C.CC(C)OCCN1CCN(C)CC1.CC(C)OCCN1CCOCC1.CC(C)OCCOCCN.CC(C)OCCOCCNS(=O)(=O)N(C)C.CC(C)OCCOCCNS(C)(=O)=O.CCCOC(C)C.CCN(CC)CCOC(C)C.CCN(CC)CCOCCOC(C)C. The average Bonchev–Trinajstić information content (AvgIpc) is 0.920. The molecule has 0 aromatic heterocycles. The van der Waals surface area contributed by atoms with E-state index in [2.05, 4.69) is 150 Å². The maximum absolute atomic E-state index is 11.2. The minimum absolute atomic E-state index is 0.191. The summed E-state index contributed by atoms with van der Waals surface area (Å²) >= 11 is 0. The Morgan fingerprint density at radius 1 is 0.377 bits per heavy atom. The summed E-state index contributed by atoms with van der Waals surface area (Å²) in [6.07, 6.45) is 5.09. The van der Waals surface area contributed by atoms with Crippen molar-refractivity contribution in [2.24, 2.45) is 5.73 Å². The van der Waals surface area contributed by atoms with Gasteiger partial charge in [-0.3, -0.25) is 9.80 Å². The van der Waals surface area contributed by atoms with Crippen LogP contribution < -0.4 is 15.2 Å². The van der Waals surface area contributed by atoms with Crippen LogP contribution in [-0.4, -0.2) is 390 Å². The van der Waals surface area contributed by atoms with Crippen LogP contribution in [0.1, 0.15) is 166 Å². The minimum Gasteiger partial charge on any atom is -0.379 e. The largest absolute Gasteiger partial charge is 0.379 e. The Morgan fingerprint density at radius 3 is 0.991 bits per heavy atom. The van der Waals surface area contributed by atoms with Crippen molar-refractivity contribution in [1.29, 1.82) is 0 Å². The molecule has 0 bridgehead atoms. The van der Waals surface area contributed by atoms with Gasteiger partial charge in [0.1, 0.15) is 0 Å². The van der Waals surface area contributed by atoms with Crippen molar-refractivity contribution in [1.82, 2.24) is 43.1 Å². The maximum Gasteiger partial charge on any atom is 0.279 e. The van der Waals surface area contributed by atoms with Gasteiger partial charge in [0.15, 0.2) is 0 Å². The Bertz CT molecular complexity index is 1880. The molecule has 28 nitrogen and oxygen atoms in total. The molecule has 2 aliphatic heterocycles. The zero-order valence-electron chi connectivity index (χ0n) is 73.9. The van der Waals surface area contributed by atoms with Crippen LogP contribution in [0.2, 0.25) is 0 Å². The first-order chi connectivity index (χ1) is 49.8. The van der Waals surface area contributed by atoms with Gasteiger partial charge in [0, 0.05) is 112 Å². The van der Waals surface area contributed by atoms with E-state index in [1.54, 1.807) is 0 Å². The van der Waals surface area contributed by atoms with Gasteiger partial charge in [-0.1, -0.05) is 34.6 Å². The fourth-order valence-corrected chi connectivity index (χ4v) is 8.83. The molecule has 0 aromatic carbocycles. The molecular formula is C76H176N10O18S2. The number of nitrogens with zero attached hydrogens (tertiary/aromatic N) is 7. The summed E-state index contributed by atoms with van der Waals surface area (Å²) in [6, 6.07) is 0. The highest BCUT2D eigenvalue weighted by molar-refractivity contribution is 7.88. The standard InChI is InChI=1S/C11H25NO2.C10H22N2O.C9H22N2O4S.C9H19NO2.C9H21NO.C8H19NO4S.C7H17NO2.C7H17NO.C6H14O/c1-5-12(6-2)7-8-13-9-10-14-11(3)4;1-10(2)13-9-8-12-6-4-11(3)5-7-12;1-9(2)15-8-7-14-6-5-10-16(12,13)11(3)4;1-9(2)12-8-5-10-3-6-11-7-4-10;1-5-10(6-2)7-8-11-9(3)4;1-8(2)13-7-6-12-5-4-9-14(3,10)11;1-7(2)10-6-5-9-4-3-8;1-7(2)9-6-5-8(3)4;1-4-5-7-6(2)3/h11H,5-10H2,1-4H3;10H,4-9H2,1-3H3;9-10H,5-8H2,1-4H3;9H,3-8H2,1-2H3;9H,5-8H2,1-4H3;8-9H,4-7H2,1-3H3;7H,3-6,8H2,1-2H3;7H,5-6H2,1-4H3;6H,4-5H2,1-3H3. The third-order valence-corrected chi connectivity index (χ3v) is 16.1. The van der Waals surface area contributed by atoms with Crippen LogP contribution in [0.3, 0.4) is 0 Å². The van der Waals surface area contributed by atoms with E-state index in [-0.39, 0.29) is 18.8 Å². The molecule has 650 valence electrons. The van der Waals surface area contributed by atoms with Crippen LogP contribution in [0.25, 0.3) is 0 Å². The smallest absolute Gasteiger partial charge is 0.279 e. The Labute approximate surface area is 654 Å². The first-order valence-corrected chi connectivity index (χ1v) is 43.1. The van der Waals surface area contributed by atoms with Crippen LogP contribution in [0.5, 0.6) is 0 Å². The van der Waals surface area contributed by atoms with Crippen molar-refractivity contribution in [3.63, 3.8) is 0 Å². The first kappa shape index (κ1) is 118. The predicted octanol–water partition coefficient (Wildman–Crippen LogP) is 7.91. The van der Waals surface area contributed by atoms with E-state index in [4.69, 9.17) is 72.0 Å². The Hall–Kier alpha value is -1.06. The maximum atomic E-state index is 11.2. The summed E-state index contributed by atoms with van der Waals surface area (Å²) in [4.78, 5) is 14.1. The fourth-order valence-electron chi connectivity index (χ4n) is 7.78. The molecular weight excluding hydrogens is 1410 g/mol. The van der Waals surface area contributed by atoms with E-state index in [0.717, 1.165) is 142 Å². The van der Waals surface area contributed by atoms with Crippen molar-refractivity contribution < 1.29 is 83.2 Å². The number of nitrogens with two attached hydrogens (primary N) is 1. The van der Waals surface area contributed by atoms with Gasteiger partial charge in [-0.05, 0) is 178 Å². The van der Waals surface area contributed by atoms with Gasteiger partial charge in [-0.15, -0.1) is 0 Å². The molecule has 0 aliphatic carbocycles. The third kappa shape index (κ3) is 114. The van der Waals surface area contributed by atoms with E-state index in [1.165, 1.54) is 40.3 Å². The number of ether oxygens (including phenoxy) is 14. The zero-order valence-corrected chi connectivity index (χ0v) is 75.6. The van der Waals surface area contributed by atoms with Gasteiger partial charge < -0.3 is 91.6 Å². The molecule has 0 radical (unpaired) electrons. The molecule has 0 atom stereocenters. The van der Waals surface area contributed by atoms with E-state index in [9.17, 15) is 16.8 Å². The summed E-state index contributed by atoms with van der Waals surface area (Å²) < 4.78 is 124. The highest BCUT2D eigenvalue weighted by atomic mass is 32.2. The molecule has 2 aliphatic rings. The molecule has 2 heterocycles. The quantitative estimate of drug-likeness (QED) is 0.0488. The molecule has 106 heavy (non-hydrogen) atoms. The summed E-state index contributed by atoms with van der Waals surface area (Å²) in [6.45, 7) is 78.0. The molecule has 0 spiro atoms. The summed E-state index contributed by atoms with van der Waals surface area (Å²) in [7, 11) is 2.79. The molecule has 4 N–H and O–H groups in total. The molecule has 0 aromatic rings. The van der Waals surface area contributed by atoms with Gasteiger partial charge in [0.25, 0.3) is 10.2 Å². The van der Waals surface area contributed by atoms with Crippen molar-refractivity contribution in [3.05, 3.63) is 0 Å². The summed E-state index contributed by atoms with van der Waals surface area (Å²) in [5, 5.41) is 0. The lowest BCUT2D eigenvalue weighted by Crippen LogP contribution is -2.45. The molecule has 0 unspecified atom stereocenters. The second-order valence-corrected chi connectivity index (χ2v) is 31.6. The zero-order chi connectivity index (χ0) is 82.4. The van der Waals surface area contributed by atoms with Crippen molar-refractivity contribution in [2.45, 2.75) is 221 Å². The minimum atomic E-state index is -3.33. The van der Waals surface area contributed by atoms with Gasteiger partial charge in [-0.25, -0.2) is 13.1 Å². The number of nitrogens with one attached hydrogen (secondary N) is 2. The first-order valence-electron chi connectivity index (χ1n) is 39.8. The fraction of sp³-hybridized carbons (Fsp3) is 1.00. The van der Waals surface area contributed by atoms with Crippen molar-refractivity contribution in [2.75, 3.05) is 285 Å². The molecule has 0 amide bonds. The van der Waals surface area contributed by atoms with Crippen LogP contribution in [-0.2, 0) is 86.5 Å². The number of rotatable bonds is 53. The Balaban J connectivity index is -0.000000210. The highest BCUT2D eigenvalue weighted by Gasteiger charge is 2.14. The van der Waals surface area contributed by atoms with E-state index < -0.39 is 20.2 Å². The molecule has 2 saturated heterocycles. The van der Waals surface area contributed by atoms with Crippen LogP contribution in [0, 0.1) is 0 Å².